The van der Waals surface area contributed by atoms with E-state index in [0.29, 0.717) is 25.9 Å². The molecule has 1 aromatic carbocycles. The van der Waals surface area contributed by atoms with E-state index in [0.717, 1.165) is 11.3 Å². The number of likely N-dealkylation sites (tertiary alicyclic amines) is 1. The summed E-state index contributed by atoms with van der Waals surface area (Å²) in [6.07, 6.45) is 0.813. The number of piperidine rings is 1. The topological polar surface area (TPSA) is 144 Å². The predicted octanol–water partition coefficient (Wildman–Crippen LogP) is 2.04. The number of ether oxygens (including phenoxy) is 5. The van der Waals surface area contributed by atoms with Gasteiger partial charge >= 0.3 is 5.97 Å². The molecule has 2 aliphatic heterocycles. The highest BCUT2D eigenvalue weighted by Crippen LogP contribution is 2.80. The lowest BCUT2D eigenvalue weighted by Gasteiger charge is -2.70. The van der Waals surface area contributed by atoms with Crippen LogP contribution in [0.25, 0.3) is 0 Å². The van der Waals surface area contributed by atoms with Gasteiger partial charge in [-0.3, -0.25) is 14.5 Å². The van der Waals surface area contributed by atoms with E-state index in [-0.39, 0.29) is 84.5 Å². The summed E-state index contributed by atoms with van der Waals surface area (Å²) in [5, 5.41) is 26.6. The zero-order chi connectivity index (χ0) is 34.8. The molecule has 12 nitrogen and oxygen atoms in total. The van der Waals surface area contributed by atoms with Gasteiger partial charge in [0.15, 0.2) is 0 Å². The Morgan fingerprint density at radius 3 is 2.43 bits per heavy atom. The molecule has 0 radical (unpaired) electrons. The second-order valence-electron chi connectivity index (χ2n) is 16.0. The lowest BCUT2D eigenvalue weighted by atomic mass is 9.42. The lowest BCUT2D eigenvalue weighted by molar-refractivity contribution is -0.320. The number of aliphatic hydroxyl groups is 2. The molecule has 5 unspecified atom stereocenters. The molecule has 14 atom stereocenters. The van der Waals surface area contributed by atoms with Gasteiger partial charge in [-0.25, -0.2) is 9.69 Å². The standard InChI is InChI=1S/C37H50N2O10/c1-7-38-17-34(18-49-32(42)20-10-8-9-11-23(20)39-26(40)14-19(2)31(39)41)13-12-25(46-4)36-22-15-21-24(45-3)16-35(43,27(22)28(21)47-5)37(44,33(36)38)30(48-6)29(34)36/h8-11,19,21-22,24-25,27-30,33,43-44H,7,12-18H2,1-6H3/t19?,21-,22-,24?,25?,27-,28?,29-,30?,33+,34+,35-,36+,37-/m1/s1. The van der Waals surface area contributed by atoms with Gasteiger partial charge in [-0.1, -0.05) is 26.0 Å². The number of carbonyl (C=O) groups is 3. The van der Waals surface area contributed by atoms with Gasteiger partial charge in [0.25, 0.3) is 0 Å². The smallest absolute Gasteiger partial charge is 0.340 e. The Hall–Kier alpha value is -2.45. The van der Waals surface area contributed by atoms with E-state index >= 15 is 0 Å². The normalized spacial score (nSPS) is 48.0. The molecular weight excluding hydrogens is 632 g/mol. The third-order valence-corrected chi connectivity index (χ3v) is 14.5. The summed E-state index contributed by atoms with van der Waals surface area (Å²) in [7, 11) is 6.70. The lowest BCUT2D eigenvalue weighted by Crippen LogP contribution is -2.82. The van der Waals surface area contributed by atoms with Crippen molar-refractivity contribution < 1.29 is 48.3 Å². The number of esters is 1. The maximum Gasteiger partial charge on any atom is 0.340 e. The maximum absolute atomic E-state index is 14.1. The number of rotatable bonds is 9. The van der Waals surface area contributed by atoms with Crippen LogP contribution in [-0.4, -0.2) is 123 Å². The monoisotopic (exact) mass is 682 g/mol. The van der Waals surface area contributed by atoms with E-state index in [4.69, 9.17) is 23.7 Å². The predicted molar refractivity (Wildman–Crippen MR) is 174 cm³/mol. The van der Waals surface area contributed by atoms with Crippen LogP contribution in [0, 0.1) is 40.4 Å². The van der Waals surface area contributed by atoms with Crippen molar-refractivity contribution in [3.05, 3.63) is 29.8 Å². The molecule has 2 saturated heterocycles. The number of amides is 2. The number of hydrogen-bond donors (Lipinski definition) is 2. The second-order valence-corrected chi connectivity index (χ2v) is 16.0. The zero-order valence-electron chi connectivity index (χ0n) is 29.3. The van der Waals surface area contributed by atoms with Gasteiger partial charge in [0, 0.05) is 82.3 Å². The summed E-state index contributed by atoms with van der Waals surface area (Å²) in [5.74, 6) is -2.47. The quantitative estimate of drug-likeness (QED) is 0.292. The van der Waals surface area contributed by atoms with Crippen molar-refractivity contribution in [1.82, 2.24) is 4.90 Å². The highest BCUT2D eigenvalue weighted by atomic mass is 16.5. The molecule has 1 spiro atoms. The molecule has 268 valence electrons. The van der Waals surface area contributed by atoms with Gasteiger partial charge in [-0.15, -0.1) is 0 Å². The van der Waals surface area contributed by atoms with Crippen LogP contribution in [-0.2, 0) is 33.3 Å². The first-order valence-electron chi connectivity index (χ1n) is 17.9. The molecule has 1 aromatic rings. The van der Waals surface area contributed by atoms with E-state index in [9.17, 15) is 24.6 Å². The molecular formula is C37H50N2O10. The summed E-state index contributed by atoms with van der Waals surface area (Å²) < 4.78 is 31.4. The fourth-order valence-corrected chi connectivity index (χ4v) is 13.2. The van der Waals surface area contributed by atoms with E-state index in [1.54, 1.807) is 59.6 Å². The minimum atomic E-state index is -1.70. The average Bonchev–Trinajstić information content (AvgIpc) is 3.63. The van der Waals surface area contributed by atoms with Crippen molar-refractivity contribution in [2.45, 2.75) is 87.6 Å². The minimum absolute atomic E-state index is 0.0358. The largest absolute Gasteiger partial charge is 0.461 e. The molecule has 5 saturated carbocycles. The minimum Gasteiger partial charge on any atom is -0.461 e. The van der Waals surface area contributed by atoms with E-state index < -0.39 is 46.1 Å². The van der Waals surface area contributed by atoms with Crippen LogP contribution < -0.4 is 4.90 Å². The van der Waals surface area contributed by atoms with Crippen LogP contribution in [0.4, 0.5) is 5.69 Å². The number of methoxy groups -OCH3 is 4. The second kappa shape index (κ2) is 11.3. The number of hydrogen-bond acceptors (Lipinski definition) is 11. The van der Waals surface area contributed by atoms with Crippen molar-refractivity contribution in [2.75, 3.05) is 53.0 Å². The van der Waals surface area contributed by atoms with Crippen LogP contribution in [0.3, 0.4) is 0 Å². The van der Waals surface area contributed by atoms with Crippen LogP contribution in [0.5, 0.6) is 0 Å². The summed E-state index contributed by atoms with van der Waals surface area (Å²) >= 11 is 0. The Bertz CT molecular complexity index is 1560. The molecule has 2 amide bonds. The van der Waals surface area contributed by atoms with Gasteiger partial charge in [-0.05, 0) is 43.9 Å². The van der Waals surface area contributed by atoms with E-state index in [1.807, 2.05) is 0 Å². The number of likely N-dealkylation sites (N-methyl/N-ethyl adjacent to an activating group) is 1. The molecule has 2 N–H and O–H groups in total. The Labute approximate surface area is 287 Å². The number of para-hydroxylation sites is 1. The maximum atomic E-state index is 14.1. The van der Waals surface area contributed by atoms with Crippen molar-refractivity contribution >= 4 is 23.5 Å². The highest BCUT2D eigenvalue weighted by Gasteiger charge is 2.91. The van der Waals surface area contributed by atoms with Crippen LogP contribution >= 0.6 is 0 Å². The average molecular weight is 683 g/mol. The zero-order valence-corrected chi connectivity index (χ0v) is 29.3. The molecule has 7 bridgehead atoms. The van der Waals surface area contributed by atoms with Gasteiger partial charge in [0.2, 0.25) is 11.8 Å². The summed E-state index contributed by atoms with van der Waals surface area (Å²) in [5.41, 5.74) is -4.17. The van der Waals surface area contributed by atoms with Crippen molar-refractivity contribution in [3.8, 4) is 0 Å². The van der Waals surface area contributed by atoms with Gasteiger partial charge < -0.3 is 33.9 Å². The summed E-state index contributed by atoms with van der Waals surface area (Å²) in [6.45, 7) is 4.95. The van der Waals surface area contributed by atoms with Crippen molar-refractivity contribution in [3.63, 3.8) is 0 Å². The number of anilines is 1. The van der Waals surface area contributed by atoms with Crippen LogP contribution in [0.15, 0.2) is 24.3 Å². The molecule has 7 aliphatic rings. The summed E-state index contributed by atoms with van der Waals surface area (Å²) in [4.78, 5) is 43.3. The molecule has 49 heavy (non-hydrogen) atoms. The molecule has 7 fully saturated rings. The fourth-order valence-electron chi connectivity index (χ4n) is 13.2. The third-order valence-electron chi connectivity index (χ3n) is 14.5. The first-order chi connectivity index (χ1) is 23.4. The molecule has 12 heteroatoms. The molecule has 8 rings (SSSR count). The SMILES string of the molecule is CCN1C[C@]2(COC(=O)c3ccccc3N3C(=O)CC(C)C3=O)CCC(OC)[C@@]34[C@@H]5C[C@@H]6C(OC)C[C@@](O)([C@H]5C6OC)[C@@](O)(C(OC)[C@H]23)[C@@H]14. The van der Waals surface area contributed by atoms with Crippen LogP contribution in [0.2, 0.25) is 0 Å². The Morgan fingerprint density at radius 1 is 1.04 bits per heavy atom. The highest BCUT2D eigenvalue weighted by molar-refractivity contribution is 6.22. The molecule has 5 aliphatic carbocycles. The van der Waals surface area contributed by atoms with E-state index in [2.05, 4.69) is 11.8 Å². The van der Waals surface area contributed by atoms with Gasteiger partial charge in [0.05, 0.1) is 48.3 Å². The third kappa shape index (κ3) is 3.86. The number of carbonyl (C=O) groups excluding carboxylic acids is 3. The number of imide groups is 1. The van der Waals surface area contributed by atoms with Gasteiger partial charge in [-0.2, -0.15) is 0 Å². The number of nitrogens with zero attached hydrogens (tertiary/aromatic N) is 2. The Balaban J connectivity index is 1.23. The first-order valence-corrected chi connectivity index (χ1v) is 17.9. The fraction of sp³-hybridized carbons (Fsp3) is 0.757. The van der Waals surface area contributed by atoms with Crippen LogP contribution in [0.1, 0.15) is 56.3 Å². The van der Waals surface area contributed by atoms with E-state index in [1.165, 1.54) is 0 Å². The number of fused-ring (bicyclic) bond motifs is 2. The molecule has 0 aromatic heterocycles. The number of benzene rings is 1. The Kier molecular flexibility index (Phi) is 7.75. The first kappa shape index (κ1) is 33.7. The van der Waals surface area contributed by atoms with Gasteiger partial charge in [0.1, 0.15) is 11.2 Å². The summed E-state index contributed by atoms with van der Waals surface area (Å²) in [6, 6.07) is 6.12. The van der Waals surface area contributed by atoms with Crippen molar-refractivity contribution in [2.24, 2.45) is 40.4 Å². The molecule has 2 heterocycles. The Morgan fingerprint density at radius 2 is 1.80 bits per heavy atom. The van der Waals surface area contributed by atoms with Crippen molar-refractivity contribution in [1.29, 1.82) is 0 Å².